The summed E-state index contributed by atoms with van der Waals surface area (Å²) >= 11 is 1.39. The van der Waals surface area contributed by atoms with Crippen LogP contribution in [0.1, 0.15) is 24.8 Å². The monoisotopic (exact) mass is 458 g/mol. The van der Waals surface area contributed by atoms with Gasteiger partial charge in [0.25, 0.3) is 0 Å². The number of nitrogens with one attached hydrogen (secondary N) is 1. The highest BCUT2D eigenvalue weighted by Crippen LogP contribution is 2.33. The molecule has 2 aromatic rings. The Labute approximate surface area is 187 Å². The molecule has 0 atom stereocenters. The molecule has 2 aromatic carbocycles. The highest BCUT2D eigenvalue weighted by Gasteiger charge is 2.25. The van der Waals surface area contributed by atoms with Gasteiger partial charge in [-0.15, -0.1) is 11.8 Å². The number of piperidine rings is 1. The van der Waals surface area contributed by atoms with Crippen molar-refractivity contribution in [3.63, 3.8) is 0 Å². The minimum atomic E-state index is -3.60. The van der Waals surface area contributed by atoms with Crippen LogP contribution in [0.4, 0.5) is 5.69 Å². The van der Waals surface area contributed by atoms with E-state index < -0.39 is 9.84 Å². The quantitative estimate of drug-likeness (QED) is 0.718. The molecule has 2 aliphatic heterocycles. The van der Waals surface area contributed by atoms with Crippen molar-refractivity contribution in [3.05, 3.63) is 54.1 Å². The van der Waals surface area contributed by atoms with E-state index in [4.69, 9.17) is 0 Å². The maximum absolute atomic E-state index is 12.8. The van der Waals surface area contributed by atoms with Gasteiger partial charge < -0.3 is 10.2 Å². The van der Waals surface area contributed by atoms with E-state index in [2.05, 4.69) is 17.4 Å². The zero-order chi connectivity index (χ0) is 21.8. The molecule has 0 aliphatic carbocycles. The summed E-state index contributed by atoms with van der Waals surface area (Å²) in [6.45, 7) is 1.36. The van der Waals surface area contributed by atoms with E-state index in [0.717, 1.165) is 24.2 Å². The smallest absolute Gasteiger partial charge is 0.234 e. The molecule has 2 amide bonds. The van der Waals surface area contributed by atoms with Crippen LogP contribution >= 0.6 is 11.8 Å². The zero-order valence-electron chi connectivity index (χ0n) is 17.2. The topological polar surface area (TPSA) is 83.5 Å². The Morgan fingerprint density at radius 3 is 2.58 bits per heavy atom. The maximum atomic E-state index is 12.8. The van der Waals surface area contributed by atoms with Crippen LogP contribution in [0.15, 0.2) is 58.3 Å². The number of fused-ring (bicyclic) bond motifs is 1. The normalized spacial score (nSPS) is 17.2. The van der Waals surface area contributed by atoms with Crippen LogP contribution in [0.2, 0.25) is 0 Å². The van der Waals surface area contributed by atoms with Crippen molar-refractivity contribution < 1.29 is 18.0 Å². The first kappa shape index (κ1) is 21.9. The van der Waals surface area contributed by atoms with Gasteiger partial charge in [-0.3, -0.25) is 9.59 Å². The van der Waals surface area contributed by atoms with Crippen LogP contribution < -0.4 is 5.32 Å². The lowest BCUT2D eigenvalue weighted by Crippen LogP contribution is -2.39. The van der Waals surface area contributed by atoms with E-state index in [1.165, 1.54) is 23.4 Å². The van der Waals surface area contributed by atoms with Crippen LogP contribution in [-0.2, 0) is 25.8 Å². The van der Waals surface area contributed by atoms with E-state index in [1.807, 2.05) is 18.2 Å². The van der Waals surface area contributed by atoms with Gasteiger partial charge in [-0.1, -0.05) is 30.3 Å². The molecule has 0 bridgehead atoms. The van der Waals surface area contributed by atoms with E-state index in [1.54, 1.807) is 17.0 Å². The standard InChI is InChI=1S/C23H26N2O4S2/c26-22-16-30-21-7-6-19(15-20(21)24-22)31(28,29)13-10-23(27)25-11-8-18(9-12-25)14-17-4-2-1-3-5-17/h1-7,15,18H,8-14,16H2,(H,24,26). The largest absolute Gasteiger partial charge is 0.343 e. The number of amides is 2. The number of rotatable bonds is 6. The number of thioether (sulfide) groups is 1. The van der Waals surface area contributed by atoms with Crippen molar-refractivity contribution >= 4 is 39.1 Å². The van der Waals surface area contributed by atoms with Crippen molar-refractivity contribution in [2.45, 2.75) is 35.5 Å². The summed E-state index contributed by atoms with van der Waals surface area (Å²) in [5.74, 6) is 0.408. The van der Waals surface area contributed by atoms with Gasteiger partial charge in [0.2, 0.25) is 11.8 Å². The van der Waals surface area contributed by atoms with E-state index in [9.17, 15) is 18.0 Å². The Morgan fingerprint density at radius 2 is 1.84 bits per heavy atom. The number of sulfone groups is 1. The summed E-state index contributed by atoms with van der Waals surface area (Å²) in [7, 11) is -3.60. The summed E-state index contributed by atoms with van der Waals surface area (Å²) in [4.78, 5) is 27.0. The number of hydrogen-bond donors (Lipinski definition) is 1. The Hall–Kier alpha value is -2.32. The van der Waals surface area contributed by atoms with Crippen LogP contribution in [0, 0.1) is 5.92 Å². The van der Waals surface area contributed by atoms with Gasteiger partial charge in [0, 0.05) is 24.4 Å². The number of benzene rings is 2. The van der Waals surface area contributed by atoms with Crippen molar-refractivity contribution in [3.8, 4) is 0 Å². The molecule has 2 aliphatic rings. The van der Waals surface area contributed by atoms with Crippen molar-refractivity contribution in [2.24, 2.45) is 5.92 Å². The second kappa shape index (κ2) is 9.44. The Kier molecular flexibility index (Phi) is 6.67. The average molecular weight is 459 g/mol. The lowest BCUT2D eigenvalue weighted by Gasteiger charge is -2.32. The van der Waals surface area contributed by atoms with Crippen LogP contribution in [0.3, 0.4) is 0 Å². The van der Waals surface area contributed by atoms with Gasteiger partial charge in [0.1, 0.15) is 0 Å². The van der Waals surface area contributed by atoms with Gasteiger partial charge in [-0.25, -0.2) is 8.42 Å². The molecule has 164 valence electrons. The molecule has 4 rings (SSSR count). The Bertz CT molecular complexity index is 1060. The third-order valence-electron chi connectivity index (χ3n) is 5.86. The predicted molar refractivity (Wildman–Crippen MR) is 122 cm³/mol. The molecule has 2 heterocycles. The maximum Gasteiger partial charge on any atom is 0.234 e. The SMILES string of the molecule is O=C1CSc2ccc(S(=O)(=O)CCC(=O)N3CCC(Cc4ccccc4)CC3)cc2N1. The fourth-order valence-electron chi connectivity index (χ4n) is 4.09. The van der Waals surface area contributed by atoms with Crippen LogP contribution in [0.25, 0.3) is 0 Å². The number of hydrogen-bond acceptors (Lipinski definition) is 5. The molecule has 8 heteroatoms. The predicted octanol–water partition coefficient (Wildman–Crippen LogP) is 3.38. The summed E-state index contributed by atoms with van der Waals surface area (Å²) < 4.78 is 25.5. The molecular weight excluding hydrogens is 432 g/mol. The third kappa shape index (κ3) is 5.49. The van der Waals surface area contributed by atoms with Crippen LogP contribution in [0.5, 0.6) is 0 Å². The minimum absolute atomic E-state index is 0.0239. The van der Waals surface area contributed by atoms with Crippen molar-refractivity contribution in [2.75, 3.05) is 29.9 Å². The fourth-order valence-corrected chi connectivity index (χ4v) is 6.13. The summed E-state index contributed by atoms with van der Waals surface area (Å²) in [6.07, 6.45) is 2.87. The Balaban J connectivity index is 1.29. The molecule has 31 heavy (non-hydrogen) atoms. The number of anilines is 1. The number of carbonyl (C=O) groups excluding carboxylic acids is 2. The molecule has 6 nitrogen and oxygen atoms in total. The highest BCUT2D eigenvalue weighted by molar-refractivity contribution is 8.00. The summed E-state index contributed by atoms with van der Waals surface area (Å²) in [6, 6.07) is 15.1. The van der Waals surface area contributed by atoms with Crippen molar-refractivity contribution in [1.29, 1.82) is 0 Å². The van der Waals surface area contributed by atoms with E-state index in [-0.39, 0.29) is 28.9 Å². The molecule has 1 fully saturated rings. The van der Waals surface area contributed by atoms with Crippen LogP contribution in [-0.4, -0.2) is 49.7 Å². The summed E-state index contributed by atoms with van der Waals surface area (Å²) in [5.41, 5.74) is 1.84. The molecular formula is C23H26N2O4S2. The first-order chi connectivity index (χ1) is 14.9. The first-order valence-corrected chi connectivity index (χ1v) is 13.2. The molecule has 1 N–H and O–H groups in total. The third-order valence-corrected chi connectivity index (χ3v) is 8.65. The number of carbonyl (C=O) groups is 2. The highest BCUT2D eigenvalue weighted by atomic mass is 32.2. The van der Waals surface area contributed by atoms with Gasteiger partial charge in [-0.05, 0) is 48.9 Å². The average Bonchev–Trinajstić information content (AvgIpc) is 2.78. The van der Waals surface area contributed by atoms with Gasteiger partial charge >= 0.3 is 0 Å². The van der Waals surface area contributed by atoms with E-state index >= 15 is 0 Å². The second-order valence-corrected chi connectivity index (χ2v) is 11.2. The lowest BCUT2D eigenvalue weighted by atomic mass is 9.90. The van der Waals surface area contributed by atoms with Crippen molar-refractivity contribution in [1.82, 2.24) is 4.90 Å². The van der Waals surface area contributed by atoms with E-state index in [0.29, 0.717) is 30.4 Å². The molecule has 0 aromatic heterocycles. The number of likely N-dealkylation sites (tertiary alicyclic amines) is 1. The minimum Gasteiger partial charge on any atom is -0.343 e. The van der Waals surface area contributed by atoms with Gasteiger partial charge in [0.15, 0.2) is 9.84 Å². The molecule has 0 unspecified atom stereocenters. The Morgan fingerprint density at radius 1 is 1.10 bits per heavy atom. The molecule has 0 spiro atoms. The van der Waals surface area contributed by atoms with Gasteiger partial charge in [0.05, 0.1) is 22.1 Å². The number of nitrogens with zero attached hydrogens (tertiary/aromatic N) is 1. The molecule has 0 radical (unpaired) electrons. The fraction of sp³-hybridized carbons (Fsp3) is 0.391. The molecule has 1 saturated heterocycles. The first-order valence-electron chi connectivity index (χ1n) is 10.5. The van der Waals surface area contributed by atoms with Gasteiger partial charge in [-0.2, -0.15) is 0 Å². The second-order valence-electron chi connectivity index (χ2n) is 8.08. The zero-order valence-corrected chi connectivity index (χ0v) is 18.9. The molecule has 0 saturated carbocycles. The summed E-state index contributed by atoms with van der Waals surface area (Å²) in [5, 5.41) is 2.71. The lowest BCUT2D eigenvalue weighted by molar-refractivity contribution is -0.132.